The van der Waals surface area contributed by atoms with Crippen LogP contribution in [0.2, 0.25) is 0 Å². The van der Waals surface area contributed by atoms with Crippen LogP contribution in [0.3, 0.4) is 0 Å². The molecule has 2 rings (SSSR count). The number of nitrogens with two attached hydrogens (primary N) is 1. The van der Waals surface area contributed by atoms with Crippen LogP contribution in [0.4, 0.5) is 0 Å². The molecule has 1 fully saturated rings. The minimum absolute atomic E-state index is 0.00259. The van der Waals surface area contributed by atoms with Crippen molar-refractivity contribution in [1.29, 1.82) is 0 Å². The molecule has 94 valence electrons. The second-order valence-corrected chi connectivity index (χ2v) is 6.16. The fourth-order valence-corrected chi connectivity index (χ4v) is 3.25. The molecule has 0 radical (unpaired) electrons. The Morgan fingerprint density at radius 2 is 2.18 bits per heavy atom. The fraction of sp³-hybridized carbons (Fsp3) is 0.600. The van der Waals surface area contributed by atoms with Crippen molar-refractivity contribution in [3.8, 4) is 0 Å². The Morgan fingerprint density at radius 1 is 1.41 bits per heavy atom. The van der Waals surface area contributed by atoms with Gasteiger partial charge < -0.3 is 5.73 Å². The van der Waals surface area contributed by atoms with E-state index in [2.05, 4.69) is 10.2 Å². The van der Waals surface area contributed by atoms with Crippen LogP contribution >= 0.6 is 0 Å². The third-order valence-electron chi connectivity index (χ3n) is 2.80. The standard InChI is InChI=1S/C10H16N4O2S/c1-8-4-5-10(13-12-8)17(15,16)14-6-2-3-9(11)7-14/h4-5,9H,2-3,6-7,11H2,1H3/t9-/m0/s1. The van der Waals surface area contributed by atoms with Gasteiger partial charge in [-0.05, 0) is 31.9 Å². The number of aryl methyl sites for hydroxylation is 1. The summed E-state index contributed by atoms with van der Waals surface area (Å²) in [6.45, 7) is 2.63. The monoisotopic (exact) mass is 256 g/mol. The largest absolute Gasteiger partial charge is 0.327 e. The molecule has 1 aliphatic rings. The number of piperidine rings is 1. The van der Waals surface area contributed by atoms with Crippen molar-refractivity contribution in [2.75, 3.05) is 13.1 Å². The number of sulfonamides is 1. The zero-order valence-electron chi connectivity index (χ0n) is 9.70. The quantitative estimate of drug-likeness (QED) is 0.798. The van der Waals surface area contributed by atoms with Gasteiger partial charge in [0.25, 0.3) is 10.0 Å². The van der Waals surface area contributed by atoms with Crippen molar-refractivity contribution < 1.29 is 8.42 Å². The van der Waals surface area contributed by atoms with Crippen LogP contribution in [-0.2, 0) is 10.0 Å². The van der Waals surface area contributed by atoms with Gasteiger partial charge in [-0.15, -0.1) is 5.10 Å². The number of nitrogens with zero attached hydrogens (tertiary/aromatic N) is 3. The van der Waals surface area contributed by atoms with E-state index in [-0.39, 0.29) is 11.1 Å². The highest BCUT2D eigenvalue weighted by molar-refractivity contribution is 7.89. The zero-order valence-corrected chi connectivity index (χ0v) is 10.5. The maximum atomic E-state index is 12.2. The van der Waals surface area contributed by atoms with E-state index >= 15 is 0 Å². The highest BCUT2D eigenvalue weighted by Crippen LogP contribution is 2.18. The molecule has 0 aliphatic carbocycles. The first-order valence-electron chi connectivity index (χ1n) is 5.56. The summed E-state index contributed by atoms with van der Waals surface area (Å²) in [7, 11) is -3.53. The van der Waals surface area contributed by atoms with Crippen LogP contribution in [0, 0.1) is 6.92 Å². The minimum atomic E-state index is -3.53. The van der Waals surface area contributed by atoms with Gasteiger partial charge in [-0.2, -0.15) is 9.40 Å². The first kappa shape index (κ1) is 12.4. The van der Waals surface area contributed by atoms with E-state index in [9.17, 15) is 8.42 Å². The molecule has 6 nitrogen and oxygen atoms in total. The SMILES string of the molecule is Cc1ccc(S(=O)(=O)N2CCC[C@H](N)C2)nn1. The van der Waals surface area contributed by atoms with E-state index in [1.165, 1.54) is 10.4 Å². The average Bonchev–Trinajstić information content (AvgIpc) is 2.29. The van der Waals surface area contributed by atoms with E-state index in [1.54, 1.807) is 13.0 Å². The third-order valence-corrected chi connectivity index (χ3v) is 4.56. The van der Waals surface area contributed by atoms with Gasteiger partial charge in [0.05, 0.1) is 5.69 Å². The lowest BCUT2D eigenvalue weighted by molar-refractivity contribution is 0.315. The van der Waals surface area contributed by atoms with Gasteiger partial charge in [-0.3, -0.25) is 0 Å². The molecule has 1 aromatic heterocycles. The molecule has 0 spiro atoms. The van der Waals surface area contributed by atoms with E-state index in [1.807, 2.05) is 0 Å². The van der Waals surface area contributed by atoms with Gasteiger partial charge in [0.2, 0.25) is 0 Å². The van der Waals surface area contributed by atoms with Crippen molar-refractivity contribution in [2.24, 2.45) is 5.73 Å². The summed E-state index contributed by atoms with van der Waals surface area (Å²) in [5.41, 5.74) is 6.48. The summed E-state index contributed by atoms with van der Waals surface area (Å²) in [6, 6.07) is 3.04. The summed E-state index contributed by atoms with van der Waals surface area (Å²) >= 11 is 0. The molecule has 0 aromatic carbocycles. The molecule has 7 heteroatoms. The predicted octanol–water partition coefficient (Wildman–Crippen LogP) is -0.103. The van der Waals surface area contributed by atoms with E-state index in [0.717, 1.165) is 12.8 Å². The molecule has 1 saturated heterocycles. The second-order valence-electron chi connectivity index (χ2n) is 4.28. The zero-order chi connectivity index (χ0) is 12.5. The van der Waals surface area contributed by atoms with Crippen molar-refractivity contribution in [2.45, 2.75) is 30.8 Å². The van der Waals surface area contributed by atoms with E-state index in [4.69, 9.17) is 5.73 Å². The summed E-state index contributed by atoms with van der Waals surface area (Å²) in [6.07, 6.45) is 1.66. The molecule has 0 saturated carbocycles. The Kier molecular flexibility index (Phi) is 3.41. The molecule has 1 aromatic rings. The second kappa shape index (κ2) is 4.67. The normalized spacial score (nSPS) is 22.6. The molecule has 17 heavy (non-hydrogen) atoms. The Labute approximate surface area is 101 Å². The molecule has 1 atom stereocenters. The molecular formula is C10H16N4O2S. The summed E-state index contributed by atoms with van der Waals surface area (Å²) in [5.74, 6) is 0. The summed E-state index contributed by atoms with van der Waals surface area (Å²) < 4.78 is 25.8. The highest BCUT2D eigenvalue weighted by Gasteiger charge is 2.30. The van der Waals surface area contributed by atoms with Crippen LogP contribution in [-0.4, -0.2) is 42.1 Å². The Balaban J connectivity index is 2.26. The Morgan fingerprint density at radius 3 is 2.76 bits per heavy atom. The lowest BCUT2D eigenvalue weighted by Crippen LogP contribution is -2.45. The predicted molar refractivity (Wildman–Crippen MR) is 62.7 cm³/mol. The highest BCUT2D eigenvalue weighted by atomic mass is 32.2. The molecule has 2 N–H and O–H groups in total. The Bertz CT molecular complexity index is 486. The van der Waals surface area contributed by atoms with Crippen LogP contribution in [0.1, 0.15) is 18.5 Å². The number of rotatable bonds is 2. The first-order chi connectivity index (χ1) is 8.00. The van der Waals surface area contributed by atoms with Gasteiger partial charge in [0, 0.05) is 19.1 Å². The molecule has 0 bridgehead atoms. The van der Waals surface area contributed by atoms with Gasteiger partial charge >= 0.3 is 0 Å². The maximum Gasteiger partial charge on any atom is 0.262 e. The van der Waals surface area contributed by atoms with Gasteiger partial charge in [0.1, 0.15) is 0 Å². The lowest BCUT2D eigenvalue weighted by Gasteiger charge is -2.29. The van der Waals surface area contributed by atoms with Crippen molar-refractivity contribution in [3.63, 3.8) is 0 Å². The molecule has 0 amide bonds. The average molecular weight is 256 g/mol. The number of aromatic nitrogens is 2. The lowest BCUT2D eigenvalue weighted by atomic mass is 10.1. The summed E-state index contributed by atoms with van der Waals surface area (Å²) in [4.78, 5) is 0. The van der Waals surface area contributed by atoms with E-state index in [0.29, 0.717) is 18.8 Å². The summed E-state index contributed by atoms with van der Waals surface area (Å²) in [5, 5.41) is 7.50. The van der Waals surface area contributed by atoms with Crippen molar-refractivity contribution in [1.82, 2.24) is 14.5 Å². The molecular weight excluding hydrogens is 240 g/mol. The first-order valence-corrected chi connectivity index (χ1v) is 7.00. The van der Waals surface area contributed by atoms with Gasteiger partial charge in [-0.1, -0.05) is 0 Å². The molecule has 0 unspecified atom stereocenters. The Hall–Kier alpha value is -1.05. The maximum absolute atomic E-state index is 12.2. The smallest absolute Gasteiger partial charge is 0.262 e. The minimum Gasteiger partial charge on any atom is -0.327 e. The van der Waals surface area contributed by atoms with Crippen molar-refractivity contribution >= 4 is 10.0 Å². The van der Waals surface area contributed by atoms with Gasteiger partial charge in [0.15, 0.2) is 5.03 Å². The third kappa shape index (κ3) is 2.62. The van der Waals surface area contributed by atoms with Crippen LogP contribution in [0.25, 0.3) is 0 Å². The number of hydrogen-bond donors (Lipinski definition) is 1. The van der Waals surface area contributed by atoms with Crippen LogP contribution < -0.4 is 5.73 Å². The fourth-order valence-electron chi connectivity index (χ4n) is 1.85. The molecule has 2 heterocycles. The van der Waals surface area contributed by atoms with Crippen molar-refractivity contribution in [3.05, 3.63) is 17.8 Å². The van der Waals surface area contributed by atoms with Gasteiger partial charge in [-0.25, -0.2) is 8.42 Å². The van der Waals surface area contributed by atoms with Crippen LogP contribution in [0.15, 0.2) is 17.2 Å². The number of hydrogen-bond acceptors (Lipinski definition) is 5. The topological polar surface area (TPSA) is 89.2 Å². The van der Waals surface area contributed by atoms with E-state index < -0.39 is 10.0 Å². The molecule has 1 aliphatic heterocycles. The van der Waals surface area contributed by atoms with Crippen LogP contribution in [0.5, 0.6) is 0 Å².